The third-order valence-electron chi connectivity index (χ3n) is 6.55. The van der Waals surface area contributed by atoms with Crippen LogP contribution in [0.4, 0.5) is 14.5 Å². The Bertz CT molecular complexity index is 1590. The summed E-state index contributed by atoms with van der Waals surface area (Å²) in [7, 11) is 0. The molecule has 1 aliphatic heterocycles. The highest BCUT2D eigenvalue weighted by Crippen LogP contribution is 2.32. The van der Waals surface area contributed by atoms with Gasteiger partial charge in [-0.15, -0.1) is 0 Å². The van der Waals surface area contributed by atoms with Gasteiger partial charge in [-0.1, -0.05) is 0 Å². The fraction of sp³-hybridized carbons (Fsp3) is 0.333. The summed E-state index contributed by atoms with van der Waals surface area (Å²) in [4.78, 5) is 31.4. The molecule has 39 heavy (non-hydrogen) atoms. The summed E-state index contributed by atoms with van der Waals surface area (Å²) in [5.41, 5.74) is 3.11. The van der Waals surface area contributed by atoms with Gasteiger partial charge in [0.25, 0.3) is 12.3 Å². The van der Waals surface area contributed by atoms with Crippen molar-refractivity contribution in [2.45, 2.75) is 46.7 Å². The van der Waals surface area contributed by atoms with Crippen LogP contribution in [0.1, 0.15) is 58.0 Å². The summed E-state index contributed by atoms with van der Waals surface area (Å²) in [6.45, 7) is 13.9. The molecule has 12 heteroatoms. The van der Waals surface area contributed by atoms with Crippen molar-refractivity contribution in [1.82, 2.24) is 34.2 Å². The number of nitrogens with zero attached hydrogens (tertiary/aromatic N) is 8. The van der Waals surface area contributed by atoms with Gasteiger partial charge in [-0.3, -0.25) is 9.78 Å². The molecule has 200 valence electrons. The number of rotatable bonds is 8. The van der Waals surface area contributed by atoms with E-state index in [0.29, 0.717) is 60.1 Å². The molecule has 4 aromatic rings. The first-order valence-electron chi connectivity index (χ1n) is 12.4. The monoisotopic (exact) mass is 532 g/mol. The van der Waals surface area contributed by atoms with Gasteiger partial charge in [-0.25, -0.2) is 28.3 Å². The number of aromatic nitrogens is 6. The fourth-order valence-electron chi connectivity index (χ4n) is 4.74. The van der Waals surface area contributed by atoms with Crippen molar-refractivity contribution in [3.8, 4) is 11.4 Å². The van der Waals surface area contributed by atoms with E-state index in [0.717, 1.165) is 16.1 Å². The van der Waals surface area contributed by atoms with Crippen LogP contribution in [-0.2, 0) is 19.5 Å². The molecule has 0 bridgehead atoms. The molecular formula is C27H26F2N8O2. The molecule has 1 amide bonds. The van der Waals surface area contributed by atoms with Gasteiger partial charge >= 0.3 is 0 Å². The fourth-order valence-corrected chi connectivity index (χ4v) is 4.74. The van der Waals surface area contributed by atoms with Crippen LogP contribution >= 0.6 is 0 Å². The maximum absolute atomic E-state index is 13.9. The molecule has 0 fully saturated rings. The number of amides is 1. The molecule has 0 atom stereocenters. The van der Waals surface area contributed by atoms with Gasteiger partial charge in [0.1, 0.15) is 17.4 Å². The van der Waals surface area contributed by atoms with Crippen LogP contribution in [0, 0.1) is 20.4 Å². The molecule has 0 saturated heterocycles. The average molecular weight is 533 g/mol. The molecule has 0 unspecified atom stereocenters. The van der Waals surface area contributed by atoms with Crippen LogP contribution in [-0.4, -0.2) is 53.3 Å². The Morgan fingerprint density at radius 1 is 1.18 bits per heavy atom. The summed E-state index contributed by atoms with van der Waals surface area (Å²) >= 11 is 0. The standard InChI is InChI=1S/C27H26F2N8O2/c1-5-39-24-12-19(32-13-22(24)30-4)15-36-8-6-20-21(27(36)38)10-18(14-35-9-7-31-17(35)3)11-23(20)37-26(25(28)29)33-16(2)34-37/h7,9-13,25H,5-6,8,14-15H2,1-3H3. The minimum Gasteiger partial charge on any atom is -0.505 e. The Labute approximate surface area is 223 Å². The summed E-state index contributed by atoms with van der Waals surface area (Å²) in [6.07, 6.45) is 2.54. The summed E-state index contributed by atoms with van der Waals surface area (Å²) in [5.74, 6) is 0.715. The Morgan fingerprint density at radius 2 is 2.00 bits per heavy atom. The molecule has 0 spiro atoms. The number of fused-ring (bicyclic) bond motifs is 1. The molecular weight excluding hydrogens is 506 g/mol. The van der Waals surface area contributed by atoms with E-state index < -0.39 is 12.2 Å². The van der Waals surface area contributed by atoms with E-state index in [1.807, 2.05) is 24.6 Å². The highest BCUT2D eigenvalue weighted by molar-refractivity contribution is 5.98. The largest absolute Gasteiger partial charge is 0.505 e. The molecule has 3 aromatic heterocycles. The number of hydrogen-bond donors (Lipinski definition) is 0. The zero-order valence-electron chi connectivity index (χ0n) is 21.7. The molecule has 0 saturated carbocycles. The lowest BCUT2D eigenvalue weighted by Crippen LogP contribution is -2.38. The smallest absolute Gasteiger partial charge is 0.297 e. The number of pyridine rings is 1. The minimum atomic E-state index is -2.83. The van der Waals surface area contributed by atoms with Crippen molar-refractivity contribution in [1.29, 1.82) is 0 Å². The number of ether oxygens (including phenoxy) is 1. The quantitative estimate of drug-likeness (QED) is 0.308. The molecule has 5 rings (SSSR count). The second kappa shape index (κ2) is 10.6. The van der Waals surface area contributed by atoms with Gasteiger partial charge in [0.15, 0.2) is 5.82 Å². The highest BCUT2D eigenvalue weighted by Gasteiger charge is 2.30. The predicted octanol–water partition coefficient (Wildman–Crippen LogP) is 4.61. The van der Waals surface area contributed by atoms with E-state index in [1.54, 1.807) is 36.2 Å². The second-order valence-electron chi connectivity index (χ2n) is 9.14. The van der Waals surface area contributed by atoms with E-state index in [4.69, 9.17) is 11.3 Å². The Morgan fingerprint density at radius 3 is 2.69 bits per heavy atom. The van der Waals surface area contributed by atoms with Crippen LogP contribution in [0.5, 0.6) is 5.75 Å². The van der Waals surface area contributed by atoms with Gasteiger partial charge in [-0.05, 0) is 56.5 Å². The minimum absolute atomic E-state index is 0.210. The lowest BCUT2D eigenvalue weighted by Gasteiger charge is -2.30. The summed E-state index contributed by atoms with van der Waals surface area (Å²) < 4.78 is 36.4. The number of imidazole rings is 1. The van der Waals surface area contributed by atoms with Crippen LogP contribution in [0.15, 0.2) is 36.8 Å². The maximum Gasteiger partial charge on any atom is 0.297 e. The Balaban J connectivity index is 1.55. The van der Waals surface area contributed by atoms with Crippen LogP contribution in [0.2, 0.25) is 0 Å². The van der Waals surface area contributed by atoms with Crippen molar-refractivity contribution in [3.63, 3.8) is 0 Å². The van der Waals surface area contributed by atoms with E-state index >= 15 is 0 Å². The van der Waals surface area contributed by atoms with Crippen molar-refractivity contribution in [2.75, 3.05) is 13.2 Å². The van der Waals surface area contributed by atoms with Crippen molar-refractivity contribution in [3.05, 3.63) is 88.1 Å². The summed E-state index contributed by atoms with van der Waals surface area (Å²) in [5, 5.41) is 4.25. The van der Waals surface area contributed by atoms with Gasteiger partial charge in [0.2, 0.25) is 5.69 Å². The lowest BCUT2D eigenvalue weighted by molar-refractivity contribution is 0.0724. The highest BCUT2D eigenvalue weighted by atomic mass is 19.3. The molecule has 4 heterocycles. The predicted molar refractivity (Wildman–Crippen MR) is 137 cm³/mol. The van der Waals surface area contributed by atoms with E-state index in [9.17, 15) is 13.6 Å². The van der Waals surface area contributed by atoms with E-state index in [2.05, 4.69) is 24.9 Å². The van der Waals surface area contributed by atoms with Gasteiger partial charge in [-0.2, -0.15) is 5.10 Å². The first kappa shape index (κ1) is 26.0. The number of aryl methyl sites for hydroxylation is 2. The maximum atomic E-state index is 13.9. The van der Waals surface area contributed by atoms with Crippen molar-refractivity contribution in [2.24, 2.45) is 0 Å². The van der Waals surface area contributed by atoms with Crippen molar-refractivity contribution < 1.29 is 18.3 Å². The number of benzene rings is 1. The number of carbonyl (C=O) groups excluding carboxylic acids is 1. The normalized spacial score (nSPS) is 13.1. The topological polar surface area (TPSA) is 95.3 Å². The number of alkyl halides is 2. The number of hydrogen-bond acceptors (Lipinski definition) is 6. The van der Waals surface area contributed by atoms with Gasteiger partial charge < -0.3 is 14.2 Å². The van der Waals surface area contributed by atoms with Gasteiger partial charge in [0, 0.05) is 37.2 Å². The lowest BCUT2D eigenvalue weighted by atomic mass is 9.94. The third kappa shape index (κ3) is 5.07. The zero-order chi connectivity index (χ0) is 27.7. The van der Waals surface area contributed by atoms with E-state index in [1.165, 1.54) is 6.20 Å². The molecule has 1 aliphatic rings. The Kier molecular flexibility index (Phi) is 7.06. The molecule has 10 nitrogen and oxygen atoms in total. The zero-order valence-corrected chi connectivity index (χ0v) is 21.7. The SMILES string of the molecule is [C-]#[N+]c1cnc(CN2CCc3c(cc(Cn4ccnc4C)cc3-n3nc(C)nc3C(F)F)C2=O)cc1OCC. The first-order valence-corrected chi connectivity index (χ1v) is 12.4. The number of halogens is 2. The Hall–Kier alpha value is -4.66. The third-order valence-corrected chi connectivity index (χ3v) is 6.55. The first-order chi connectivity index (χ1) is 18.8. The number of carbonyl (C=O) groups is 1. The molecule has 0 aliphatic carbocycles. The molecule has 1 aromatic carbocycles. The van der Waals surface area contributed by atoms with Crippen LogP contribution in [0.3, 0.4) is 0 Å². The van der Waals surface area contributed by atoms with E-state index in [-0.39, 0.29) is 18.3 Å². The van der Waals surface area contributed by atoms with Crippen LogP contribution in [0.25, 0.3) is 10.5 Å². The van der Waals surface area contributed by atoms with Crippen molar-refractivity contribution >= 4 is 11.6 Å². The van der Waals surface area contributed by atoms with Crippen LogP contribution < -0.4 is 4.74 Å². The second-order valence-corrected chi connectivity index (χ2v) is 9.14. The van der Waals surface area contributed by atoms with Gasteiger partial charge in [0.05, 0.1) is 31.1 Å². The molecule has 0 N–H and O–H groups in total. The summed E-state index contributed by atoms with van der Waals surface area (Å²) in [6, 6.07) is 5.27. The molecule has 0 radical (unpaired) electrons. The average Bonchev–Trinajstić information content (AvgIpc) is 3.51.